The molecule has 1 aromatic heterocycles. The van der Waals surface area contributed by atoms with E-state index in [0.717, 1.165) is 54.1 Å². The van der Waals surface area contributed by atoms with Gasteiger partial charge >= 0.3 is 0 Å². The fourth-order valence-electron chi connectivity index (χ4n) is 5.46. The standard InChI is InChI=1S/C29H32N4O3/c1-18-16-22(30-29(35)17-25-19(2)32-36-20(25)3)8-9-23(18)21-12-14-33(15-13-21)27-10-11-28(34)31-26-7-5-4-6-24(26)27/h4-11,16,21,27H,12-15,17H2,1-3H3,(H,30,35)(H,31,34). The van der Waals surface area contributed by atoms with Crippen molar-refractivity contribution >= 4 is 23.2 Å². The Kier molecular flexibility index (Phi) is 6.74. The van der Waals surface area contributed by atoms with Crippen LogP contribution in [0.3, 0.4) is 0 Å². The van der Waals surface area contributed by atoms with Crippen molar-refractivity contribution in [3.63, 3.8) is 0 Å². The predicted octanol–water partition coefficient (Wildman–Crippen LogP) is 5.21. The third kappa shape index (κ3) is 4.97. The third-order valence-electron chi connectivity index (χ3n) is 7.40. The Hall–Kier alpha value is -3.71. The topological polar surface area (TPSA) is 87.5 Å². The fourth-order valence-corrected chi connectivity index (χ4v) is 5.46. The number of fused-ring (bicyclic) bond motifs is 1. The summed E-state index contributed by atoms with van der Waals surface area (Å²) >= 11 is 0. The number of aromatic nitrogens is 1. The monoisotopic (exact) mass is 484 g/mol. The van der Waals surface area contributed by atoms with Gasteiger partial charge in [-0.05, 0) is 87.5 Å². The summed E-state index contributed by atoms with van der Waals surface area (Å²) in [5.74, 6) is 1.01. The van der Waals surface area contributed by atoms with Gasteiger partial charge in [-0.1, -0.05) is 35.5 Å². The predicted molar refractivity (Wildman–Crippen MR) is 140 cm³/mol. The van der Waals surface area contributed by atoms with Crippen LogP contribution < -0.4 is 10.6 Å². The molecular weight excluding hydrogens is 452 g/mol. The lowest BCUT2D eigenvalue weighted by atomic mass is 9.85. The van der Waals surface area contributed by atoms with Crippen molar-refractivity contribution in [2.45, 2.75) is 52.0 Å². The number of carbonyl (C=O) groups is 2. The first-order valence-electron chi connectivity index (χ1n) is 12.5. The summed E-state index contributed by atoms with van der Waals surface area (Å²) in [4.78, 5) is 27.1. The molecule has 1 saturated heterocycles. The average Bonchev–Trinajstić information content (AvgIpc) is 3.07. The highest BCUT2D eigenvalue weighted by Gasteiger charge is 2.29. The van der Waals surface area contributed by atoms with Gasteiger partial charge in [0.05, 0.1) is 18.2 Å². The van der Waals surface area contributed by atoms with Crippen LogP contribution >= 0.6 is 0 Å². The number of nitrogens with one attached hydrogen (secondary N) is 2. The lowest BCUT2D eigenvalue weighted by Crippen LogP contribution is -2.35. The van der Waals surface area contributed by atoms with E-state index in [1.54, 1.807) is 6.08 Å². The van der Waals surface area contributed by atoms with Crippen LogP contribution in [0.15, 0.2) is 59.1 Å². The SMILES string of the molecule is Cc1cc(NC(=O)Cc2c(C)noc2C)ccc1C1CCN(C2C=CC(=O)Nc3ccccc32)CC1. The van der Waals surface area contributed by atoms with E-state index in [9.17, 15) is 9.59 Å². The molecule has 0 spiro atoms. The van der Waals surface area contributed by atoms with Crippen molar-refractivity contribution in [3.05, 3.63) is 88.3 Å². The maximum absolute atomic E-state index is 12.6. The number of amides is 2. The Bertz CT molecular complexity index is 1300. The highest BCUT2D eigenvalue weighted by atomic mass is 16.5. The van der Waals surface area contributed by atoms with Gasteiger partial charge in [0.2, 0.25) is 11.8 Å². The molecule has 2 aliphatic rings. The molecule has 7 nitrogen and oxygen atoms in total. The normalized spacial score (nSPS) is 18.4. The molecule has 2 aromatic carbocycles. The highest BCUT2D eigenvalue weighted by Crippen LogP contribution is 2.37. The molecule has 2 aliphatic heterocycles. The molecule has 186 valence electrons. The van der Waals surface area contributed by atoms with Crippen LogP contribution in [0.25, 0.3) is 0 Å². The van der Waals surface area contributed by atoms with E-state index in [1.165, 1.54) is 11.1 Å². The number of hydrogen-bond donors (Lipinski definition) is 2. The summed E-state index contributed by atoms with van der Waals surface area (Å²) in [5.41, 5.74) is 6.98. The summed E-state index contributed by atoms with van der Waals surface area (Å²) in [7, 11) is 0. The molecule has 3 heterocycles. The molecule has 0 radical (unpaired) electrons. The van der Waals surface area contributed by atoms with Gasteiger partial charge in [-0.3, -0.25) is 14.5 Å². The van der Waals surface area contributed by atoms with E-state index in [-0.39, 0.29) is 24.3 Å². The Morgan fingerprint density at radius 2 is 1.89 bits per heavy atom. The zero-order chi connectivity index (χ0) is 25.2. The first-order chi connectivity index (χ1) is 17.4. The second-order valence-electron chi connectivity index (χ2n) is 9.79. The lowest BCUT2D eigenvalue weighted by molar-refractivity contribution is -0.115. The number of rotatable bonds is 5. The highest BCUT2D eigenvalue weighted by molar-refractivity contribution is 6.00. The molecule has 0 saturated carbocycles. The molecule has 7 heteroatoms. The first kappa shape index (κ1) is 24.0. The number of benzene rings is 2. The van der Waals surface area contributed by atoms with Crippen LogP contribution in [0, 0.1) is 20.8 Å². The first-order valence-corrected chi connectivity index (χ1v) is 12.5. The third-order valence-corrected chi connectivity index (χ3v) is 7.40. The molecule has 5 rings (SSSR count). The quantitative estimate of drug-likeness (QED) is 0.519. The summed E-state index contributed by atoms with van der Waals surface area (Å²) in [6, 6.07) is 14.4. The summed E-state index contributed by atoms with van der Waals surface area (Å²) < 4.78 is 5.17. The van der Waals surface area contributed by atoms with Crippen molar-refractivity contribution in [2.75, 3.05) is 23.7 Å². The van der Waals surface area contributed by atoms with E-state index >= 15 is 0 Å². The van der Waals surface area contributed by atoms with Crippen LogP contribution in [-0.4, -0.2) is 35.0 Å². The lowest BCUT2D eigenvalue weighted by Gasteiger charge is -2.37. The average molecular weight is 485 g/mol. The number of piperidine rings is 1. The second kappa shape index (κ2) is 10.1. The van der Waals surface area contributed by atoms with Gasteiger partial charge in [-0.25, -0.2) is 0 Å². The molecule has 3 aromatic rings. The van der Waals surface area contributed by atoms with Gasteiger partial charge < -0.3 is 15.2 Å². The Balaban J connectivity index is 1.23. The largest absolute Gasteiger partial charge is 0.361 e. The summed E-state index contributed by atoms with van der Waals surface area (Å²) in [6.45, 7) is 7.71. The molecule has 36 heavy (non-hydrogen) atoms. The minimum Gasteiger partial charge on any atom is -0.361 e. The maximum Gasteiger partial charge on any atom is 0.248 e. The van der Waals surface area contributed by atoms with Gasteiger partial charge in [0, 0.05) is 23.0 Å². The minimum absolute atomic E-state index is 0.0745. The Labute approximate surface area is 211 Å². The van der Waals surface area contributed by atoms with E-state index in [1.807, 2.05) is 44.2 Å². The number of aryl methyl sites for hydroxylation is 3. The number of likely N-dealkylation sites (tertiary alicyclic amines) is 1. The van der Waals surface area contributed by atoms with Gasteiger partial charge in [0.25, 0.3) is 0 Å². The van der Waals surface area contributed by atoms with Crippen molar-refractivity contribution in [3.8, 4) is 0 Å². The van der Waals surface area contributed by atoms with Crippen LogP contribution in [0.4, 0.5) is 11.4 Å². The van der Waals surface area contributed by atoms with Crippen LogP contribution in [-0.2, 0) is 16.0 Å². The fraction of sp³-hybridized carbons (Fsp3) is 0.345. The number of para-hydroxylation sites is 1. The van der Waals surface area contributed by atoms with Crippen molar-refractivity contribution in [1.82, 2.24) is 10.1 Å². The summed E-state index contributed by atoms with van der Waals surface area (Å²) in [5, 5.41) is 9.92. The summed E-state index contributed by atoms with van der Waals surface area (Å²) in [6.07, 6.45) is 6.02. The Morgan fingerprint density at radius 1 is 1.11 bits per heavy atom. The number of hydrogen-bond acceptors (Lipinski definition) is 5. The van der Waals surface area contributed by atoms with E-state index in [2.05, 4.69) is 45.8 Å². The van der Waals surface area contributed by atoms with Crippen LogP contribution in [0.2, 0.25) is 0 Å². The van der Waals surface area contributed by atoms with Gasteiger partial charge in [0.1, 0.15) is 5.76 Å². The van der Waals surface area contributed by atoms with E-state index in [0.29, 0.717) is 11.7 Å². The van der Waals surface area contributed by atoms with Gasteiger partial charge in [-0.2, -0.15) is 0 Å². The molecule has 2 N–H and O–H groups in total. The molecule has 1 atom stereocenters. The number of anilines is 2. The molecular formula is C29H32N4O3. The van der Waals surface area contributed by atoms with Crippen molar-refractivity contribution in [2.24, 2.45) is 0 Å². The minimum atomic E-state index is -0.0747. The second-order valence-corrected chi connectivity index (χ2v) is 9.79. The van der Waals surface area contributed by atoms with Gasteiger partial charge in [-0.15, -0.1) is 0 Å². The number of carbonyl (C=O) groups excluding carboxylic acids is 2. The molecule has 1 fully saturated rings. The number of nitrogens with zero attached hydrogens (tertiary/aromatic N) is 2. The molecule has 0 aliphatic carbocycles. The zero-order valence-corrected chi connectivity index (χ0v) is 21.0. The molecule has 1 unspecified atom stereocenters. The zero-order valence-electron chi connectivity index (χ0n) is 21.0. The van der Waals surface area contributed by atoms with E-state index in [4.69, 9.17) is 4.52 Å². The van der Waals surface area contributed by atoms with Crippen LogP contribution in [0.5, 0.6) is 0 Å². The van der Waals surface area contributed by atoms with Gasteiger partial charge in [0.15, 0.2) is 0 Å². The van der Waals surface area contributed by atoms with E-state index < -0.39 is 0 Å². The molecule has 0 bridgehead atoms. The smallest absolute Gasteiger partial charge is 0.248 e. The Morgan fingerprint density at radius 3 is 2.61 bits per heavy atom. The van der Waals surface area contributed by atoms with Crippen LogP contribution in [0.1, 0.15) is 58.5 Å². The van der Waals surface area contributed by atoms with Crippen molar-refractivity contribution in [1.29, 1.82) is 0 Å². The molecule has 2 amide bonds. The van der Waals surface area contributed by atoms with Crippen molar-refractivity contribution < 1.29 is 14.1 Å². The maximum atomic E-state index is 12.6.